The zero-order valence-corrected chi connectivity index (χ0v) is 23.0. The van der Waals surface area contributed by atoms with Gasteiger partial charge in [-0.25, -0.2) is 4.68 Å². The monoisotopic (exact) mass is 554 g/mol. The van der Waals surface area contributed by atoms with Crippen LogP contribution >= 0.6 is 23.2 Å². The molecule has 3 aromatic rings. The van der Waals surface area contributed by atoms with Gasteiger partial charge in [0.1, 0.15) is 18.1 Å². The van der Waals surface area contributed by atoms with Crippen molar-refractivity contribution in [2.24, 2.45) is 0 Å². The SMILES string of the molecule is CCCOS(=O)(=O)c1ccc(C)c(Oc2ccc(COc3cnn(C(C)(C)C)c(=O)c3Cl)cc2Cl)c1. The molecule has 0 atom stereocenters. The van der Waals surface area contributed by atoms with Gasteiger partial charge in [0.15, 0.2) is 10.8 Å². The number of rotatable bonds is 9. The zero-order chi connectivity index (χ0) is 26.7. The number of nitrogens with zero attached hydrogens (tertiary/aromatic N) is 2. The van der Waals surface area contributed by atoms with Crippen LogP contribution in [0.4, 0.5) is 0 Å². The predicted octanol–water partition coefficient (Wildman–Crippen LogP) is 6.10. The maximum Gasteiger partial charge on any atom is 0.297 e. The highest BCUT2D eigenvalue weighted by molar-refractivity contribution is 7.86. The molecule has 0 bridgehead atoms. The lowest BCUT2D eigenvalue weighted by molar-refractivity contribution is 0.292. The number of halogens is 2. The Morgan fingerprint density at radius 3 is 2.39 bits per heavy atom. The third-order valence-corrected chi connectivity index (χ3v) is 6.98. The van der Waals surface area contributed by atoms with Crippen LogP contribution in [-0.4, -0.2) is 24.8 Å². The Kier molecular flexibility index (Phi) is 8.71. The van der Waals surface area contributed by atoms with E-state index < -0.39 is 21.2 Å². The Hall–Kier alpha value is -2.59. The second kappa shape index (κ2) is 11.2. The van der Waals surface area contributed by atoms with Crippen molar-refractivity contribution >= 4 is 33.3 Å². The summed E-state index contributed by atoms with van der Waals surface area (Å²) in [4.78, 5) is 12.5. The molecule has 194 valence electrons. The van der Waals surface area contributed by atoms with Gasteiger partial charge in [-0.2, -0.15) is 13.5 Å². The molecule has 2 aromatic carbocycles. The fraction of sp³-hybridized carbons (Fsp3) is 0.360. The molecule has 0 saturated carbocycles. The Balaban J connectivity index is 1.76. The van der Waals surface area contributed by atoms with Crippen LogP contribution in [0.25, 0.3) is 0 Å². The quantitative estimate of drug-likeness (QED) is 0.295. The standard InChI is InChI=1S/C25H28Cl2N2O6S/c1-6-11-34-36(31,32)18-9-7-16(2)21(13-18)35-20-10-8-17(12-19(20)26)15-33-22-14-28-29(25(3,4)5)24(30)23(22)27/h7-10,12-14H,6,11,15H2,1-5H3. The van der Waals surface area contributed by atoms with Crippen molar-refractivity contribution in [1.82, 2.24) is 9.78 Å². The van der Waals surface area contributed by atoms with Gasteiger partial charge in [0.25, 0.3) is 15.7 Å². The zero-order valence-electron chi connectivity index (χ0n) is 20.7. The molecule has 0 saturated heterocycles. The van der Waals surface area contributed by atoms with E-state index in [1.165, 1.54) is 23.0 Å². The Morgan fingerprint density at radius 1 is 1.03 bits per heavy atom. The van der Waals surface area contributed by atoms with E-state index in [1.54, 1.807) is 31.2 Å². The molecule has 1 aromatic heterocycles. The molecule has 3 rings (SSSR count). The number of hydrogen-bond acceptors (Lipinski definition) is 7. The normalized spacial score (nSPS) is 12.0. The van der Waals surface area contributed by atoms with Crippen molar-refractivity contribution in [3.05, 3.63) is 74.1 Å². The maximum atomic E-state index is 12.5. The molecule has 11 heteroatoms. The third-order valence-electron chi connectivity index (χ3n) is 5.02. The highest BCUT2D eigenvalue weighted by Gasteiger charge is 2.20. The van der Waals surface area contributed by atoms with E-state index in [0.29, 0.717) is 28.5 Å². The number of benzene rings is 2. The van der Waals surface area contributed by atoms with Crippen LogP contribution in [0.5, 0.6) is 17.2 Å². The largest absolute Gasteiger partial charge is 0.485 e. The van der Waals surface area contributed by atoms with Crippen LogP contribution in [0.3, 0.4) is 0 Å². The molecule has 0 aliphatic heterocycles. The topological polar surface area (TPSA) is 96.7 Å². The molecule has 0 spiro atoms. The van der Waals surface area contributed by atoms with E-state index in [9.17, 15) is 13.2 Å². The lowest BCUT2D eigenvalue weighted by Gasteiger charge is -2.21. The maximum absolute atomic E-state index is 12.5. The van der Waals surface area contributed by atoms with E-state index in [2.05, 4.69) is 5.10 Å². The van der Waals surface area contributed by atoms with Crippen LogP contribution in [0.2, 0.25) is 10.0 Å². The second-order valence-corrected chi connectivity index (χ2v) is 11.5. The average molecular weight is 555 g/mol. The van der Waals surface area contributed by atoms with Crippen LogP contribution in [0, 0.1) is 6.92 Å². The Labute approximate surface area is 220 Å². The lowest BCUT2D eigenvalue weighted by atomic mass is 10.1. The summed E-state index contributed by atoms with van der Waals surface area (Å²) in [5.74, 6) is 0.830. The molecule has 36 heavy (non-hydrogen) atoms. The van der Waals surface area contributed by atoms with E-state index in [-0.39, 0.29) is 28.9 Å². The van der Waals surface area contributed by atoms with Crippen LogP contribution in [-0.2, 0) is 26.4 Å². The van der Waals surface area contributed by atoms with E-state index in [1.807, 2.05) is 27.7 Å². The van der Waals surface area contributed by atoms with Gasteiger partial charge < -0.3 is 9.47 Å². The van der Waals surface area contributed by atoms with Gasteiger partial charge in [-0.1, -0.05) is 42.3 Å². The summed E-state index contributed by atoms with van der Waals surface area (Å²) in [5, 5.41) is 4.38. The van der Waals surface area contributed by atoms with Crippen molar-refractivity contribution < 1.29 is 22.1 Å². The number of aryl methyl sites for hydroxylation is 1. The molecule has 0 radical (unpaired) electrons. The lowest BCUT2D eigenvalue weighted by Crippen LogP contribution is -2.36. The molecule has 0 unspecified atom stereocenters. The minimum absolute atomic E-state index is 0.00318. The Bertz CT molecular complexity index is 1420. The third kappa shape index (κ3) is 6.59. The summed E-state index contributed by atoms with van der Waals surface area (Å²) >= 11 is 12.6. The average Bonchev–Trinajstić information content (AvgIpc) is 2.80. The Morgan fingerprint density at radius 2 is 1.75 bits per heavy atom. The first-order chi connectivity index (χ1) is 16.8. The molecule has 0 N–H and O–H groups in total. The molecular formula is C25H28Cl2N2O6S. The highest BCUT2D eigenvalue weighted by atomic mass is 35.5. The first-order valence-electron chi connectivity index (χ1n) is 11.2. The summed E-state index contributed by atoms with van der Waals surface area (Å²) in [6.45, 7) is 9.34. The second-order valence-electron chi connectivity index (χ2n) is 9.07. The molecule has 0 amide bonds. The molecule has 1 heterocycles. The fourth-order valence-corrected chi connectivity index (χ4v) is 4.53. The molecule has 0 fully saturated rings. The van der Waals surface area contributed by atoms with Gasteiger partial charge in [0.2, 0.25) is 0 Å². The van der Waals surface area contributed by atoms with Crippen molar-refractivity contribution in [3.63, 3.8) is 0 Å². The van der Waals surface area contributed by atoms with Crippen molar-refractivity contribution in [2.45, 2.75) is 58.1 Å². The predicted molar refractivity (Wildman–Crippen MR) is 139 cm³/mol. The summed E-state index contributed by atoms with van der Waals surface area (Å²) in [5.41, 5.74) is 0.459. The number of ether oxygens (including phenoxy) is 2. The van der Waals surface area contributed by atoms with Crippen molar-refractivity contribution in [2.75, 3.05) is 6.61 Å². The smallest absolute Gasteiger partial charge is 0.297 e. The molecular weight excluding hydrogens is 527 g/mol. The first kappa shape index (κ1) is 28.0. The van der Waals surface area contributed by atoms with Crippen LogP contribution in [0.1, 0.15) is 45.2 Å². The minimum Gasteiger partial charge on any atom is -0.485 e. The summed E-state index contributed by atoms with van der Waals surface area (Å²) in [6, 6.07) is 9.54. The summed E-state index contributed by atoms with van der Waals surface area (Å²) in [7, 11) is -3.89. The summed E-state index contributed by atoms with van der Waals surface area (Å²) in [6.07, 6.45) is 1.98. The van der Waals surface area contributed by atoms with Gasteiger partial charge in [0.05, 0.1) is 28.3 Å². The highest BCUT2D eigenvalue weighted by Crippen LogP contribution is 2.34. The molecule has 0 aliphatic rings. The number of aromatic nitrogens is 2. The van der Waals surface area contributed by atoms with E-state index in [4.69, 9.17) is 36.9 Å². The van der Waals surface area contributed by atoms with Gasteiger partial charge >= 0.3 is 0 Å². The molecule has 8 nitrogen and oxygen atoms in total. The summed E-state index contributed by atoms with van der Waals surface area (Å²) < 4.78 is 42.6. The van der Waals surface area contributed by atoms with Crippen molar-refractivity contribution in [1.29, 1.82) is 0 Å². The van der Waals surface area contributed by atoms with E-state index in [0.717, 1.165) is 5.56 Å². The fourth-order valence-electron chi connectivity index (χ4n) is 3.10. The minimum atomic E-state index is -3.89. The first-order valence-corrected chi connectivity index (χ1v) is 13.4. The van der Waals surface area contributed by atoms with Crippen LogP contribution in [0.15, 0.2) is 52.3 Å². The van der Waals surface area contributed by atoms with Crippen molar-refractivity contribution in [3.8, 4) is 17.2 Å². The van der Waals surface area contributed by atoms with Gasteiger partial charge in [-0.05, 0) is 63.4 Å². The van der Waals surface area contributed by atoms with Gasteiger partial charge in [-0.15, -0.1) is 0 Å². The van der Waals surface area contributed by atoms with Gasteiger partial charge in [0, 0.05) is 6.07 Å². The number of hydrogen-bond donors (Lipinski definition) is 0. The molecule has 0 aliphatic carbocycles. The van der Waals surface area contributed by atoms with Crippen LogP contribution < -0.4 is 15.0 Å². The van der Waals surface area contributed by atoms with E-state index >= 15 is 0 Å². The van der Waals surface area contributed by atoms with Gasteiger partial charge in [-0.3, -0.25) is 8.98 Å².